The maximum atomic E-state index is 14.3. The molecule has 2 aliphatic rings. The van der Waals surface area contributed by atoms with Gasteiger partial charge in [0.15, 0.2) is 0 Å². The van der Waals surface area contributed by atoms with Crippen LogP contribution in [0.15, 0.2) is 48.6 Å². The predicted molar refractivity (Wildman–Crippen MR) is 88.7 cm³/mol. The zero-order valence-corrected chi connectivity index (χ0v) is 12.9. The molecule has 0 fully saturated rings. The molecule has 2 aromatic rings. The van der Waals surface area contributed by atoms with Crippen molar-refractivity contribution in [1.29, 1.82) is 0 Å². The molecular formula is C20H20FN. The largest absolute Gasteiger partial charge is 0.377 e. The van der Waals surface area contributed by atoms with Crippen molar-refractivity contribution < 1.29 is 4.39 Å². The Labute approximate surface area is 130 Å². The van der Waals surface area contributed by atoms with E-state index < -0.39 is 0 Å². The first-order chi connectivity index (χ1) is 10.6. The van der Waals surface area contributed by atoms with Crippen molar-refractivity contribution in [2.75, 3.05) is 5.32 Å². The number of allylic oxidation sites excluding steroid dienone is 2. The fourth-order valence-corrected chi connectivity index (χ4v) is 4.11. The molecule has 4 rings (SSSR count). The molecule has 1 N–H and O–H groups in total. The lowest BCUT2D eigenvalue weighted by Gasteiger charge is -2.38. The van der Waals surface area contributed by atoms with Gasteiger partial charge in [-0.1, -0.05) is 48.0 Å². The molecular weight excluding hydrogens is 273 g/mol. The van der Waals surface area contributed by atoms with Crippen LogP contribution in [0.3, 0.4) is 0 Å². The summed E-state index contributed by atoms with van der Waals surface area (Å²) in [7, 11) is 0. The lowest BCUT2D eigenvalue weighted by Crippen LogP contribution is -2.30. The van der Waals surface area contributed by atoms with E-state index in [1.807, 2.05) is 12.1 Å². The molecule has 1 aliphatic heterocycles. The summed E-state index contributed by atoms with van der Waals surface area (Å²) in [5, 5.41) is 3.64. The second-order valence-corrected chi connectivity index (χ2v) is 6.54. The summed E-state index contributed by atoms with van der Waals surface area (Å²) < 4.78 is 14.3. The zero-order valence-electron chi connectivity index (χ0n) is 12.9. The fraction of sp³-hybridized carbons (Fsp3) is 0.300. The van der Waals surface area contributed by atoms with Gasteiger partial charge >= 0.3 is 0 Å². The number of aryl methyl sites for hydroxylation is 2. The average molecular weight is 293 g/mol. The third-order valence-corrected chi connectivity index (χ3v) is 5.05. The molecule has 0 radical (unpaired) electrons. The number of nitrogens with one attached hydrogen (secondary N) is 1. The van der Waals surface area contributed by atoms with Gasteiger partial charge in [0.2, 0.25) is 0 Å². The number of hydrogen-bond donors (Lipinski definition) is 1. The van der Waals surface area contributed by atoms with Crippen LogP contribution >= 0.6 is 0 Å². The van der Waals surface area contributed by atoms with Crippen molar-refractivity contribution >= 4 is 5.69 Å². The summed E-state index contributed by atoms with van der Waals surface area (Å²) in [5.74, 6) is 0.670. The highest BCUT2D eigenvalue weighted by Crippen LogP contribution is 2.51. The van der Waals surface area contributed by atoms with Crippen LogP contribution in [0.5, 0.6) is 0 Å². The van der Waals surface area contributed by atoms with E-state index in [2.05, 4.69) is 43.4 Å². The van der Waals surface area contributed by atoms with Crippen LogP contribution in [0.4, 0.5) is 10.1 Å². The molecule has 0 spiro atoms. The van der Waals surface area contributed by atoms with Crippen LogP contribution in [0.2, 0.25) is 0 Å². The highest BCUT2D eigenvalue weighted by Gasteiger charge is 2.39. The first-order valence-electron chi connectivity index (χ1n) is 7.94. The van der Waals surface area contributed by atoms with Crippen LogP contribution < -0.4 is 5.32 Å². The number of anilines is 1. The summed E-state index contributed by atoms with van der Waals surface area (Å²) >= 11 is 0. The third kappa shape index (κ3) is 1.98. The maximum absolute atomic E-state index is 14.3. The SMILES string of the molecule is Cc1cc(C)c2c(c1)[C@@H]1C=CC[C@H]1[C@H](c1ccccc1F)N2. The van der Waals surface area contributed by atoms with E-state index in [0.29, 0.717) is 11.8 Å². The Hall–Kier alpha value is -2.09. The van der Waals surface area contributed by atoms with Gasteiger partial charge in [0, 0.05) is 17.2 Å². The van der Waals surface area contributed by atoms with Crippen LogP contribution in [0, 0.1) is 25.6 Å². The summed E-state index contributed by atoms with van der Waals surface area (Å²) in [5.41, 5.74) is 5.87. The highest BCUT2D eigenvalue weighted by atomic mass is 19.1. The van der Waals surface area contributed by atoms with Crippen LogP contribution in [0.25, 0.3) is 0 Å². The van der Waals surface area contributed by atoms with Gasteiger partial charge in [0.05, 0.1) is 6.04 Å². The van der Waals surface area contributed by atoms with Crippen LogP contribution in [0.1, 0.15) is 40.6 Å². The normalized spacial score (nSPS) is 25.5. The van der Waals surface area contributed by atoms with E-state index in [1.54, 1.807) is 12.1 Å². The summed E-state index contributed by atoms with van der Waals surface area (Å²) in [4.78, 5) is 0. The second-order valence-electron chi connectivity index (χ2n) is 6.54. The lowest BCUT2D eigenvalue weighted by atomic mass is 9.76. The summed E-state index contributed by atoms with van der Waals surface area (Å²) in [6.45, 7) is 4.28. The molecule has 0 unspecified atom stereocenters. The standard InChI is InChI=1S/C20H20FN/c1-12-10-13(2)19-17(11-12)14-7-5-8-15(14)20(22-19)16-6-3-4-9-18(16)21/h3-7,9-11,14-15,20,22H,8H2,1-2H3/t14-,15-,20-/m1/s1. The minimum absolute atomic E-state index is 0.0371. The Morgan fingerprint density at radius 1 is 1.09 bits per heavy atom. The molecule has 2 aromatic carbocycles. The van der Waals surface area contributed by atoms with Gasteiger partial charge in [-0.05, 0) is 43.4 Å². The van der Waals surface area contributed by atoms with E-state index >= 15 is 0 Å². The number of hydrogen-bond acceptors (Lipinski definition) is 1. The third-order valence-electron chi connectivity index (χ3n) is 5.05. The van der Waals surface area contributed by atoms with E-state index in [9.17, 15) is 4.39 Å². The first kappa shape index (κ1) is 13.6. The average Bonchev–Trinajstić information content (AvgIpc) is 2.97. The van der Waals surface area contributed by atoms with Gasteiger partial charge in [-0.25, -0.2) is 4.39 Å². The smallest absolute Gasteiger partial charge is 0.128 e. The Morgan fingerprint density at radius 3 is 2.73 bits per heavy atom. The molecule has 22 heavy (non-hydrogen) atoms. The molecule has 0 saturated carbocycles. The Bertz CT molecular complexity index is 762. The molecule has 1 heterocycles. The molecule has 0 aromatic heterocycles. The first-order valence-corrected chi connectivity index (χ1v) is 7.94. The minimum Gasteiger partial charge on any atom is -0.377 e. The van der Waals surface area contributed by atoms with Crippen LogP contribution in [-0.2, 0) is 0 Å². The van der Waals surface area contributed by atoms with Gasteiger partial charge in [0.1, 0.15) is 5.82 Å². The van der Waals surface area contributed by atoms with Gasteiger partial charge in [0.25, 0.3) is 0 Å². The van der Waals surface area contributed by atoms with Crippen molar-refractivity contribution in [3.05, 3.63) is 76.6 Å². The molecule has 0 saturated heterocycles. The van der Waals surface area contributed by atoms with Crippen molar-refractivity contribution in [3.63, 3.8) is 0 Å². The quantitative estimate of drug-likeness (QED) is 0.706. The van der Waals surface area contributed by atoms with Crippen molar-refractivity contribution in [1.82, 2.24) is 0 Å². The Balaban J connectivity index is 1.86. The molecule has 1 aliphatic carbocycles. The fourth-order valence-electron chi connectivity index (χ4n) is 4.11. The van der Waals surface area contributed by atoms with E-state index in [1.165, 1.54) is 22.4 Å². The van der Waals surface area contributed by atoms with Gasteiger partial charge in [-0.15, -0.1) is 0 Å². The monoisotopic (exact) mass is 293 g/mol. The topological polar surface area (TPSA) is 12.0 Å². The molecule has 2 heteroatoms. The van der Waals surface area contributed by atoms with Gasteiger partial charge in [-0.2, -0.15) is 0 Å². The van der Waals surface area contributed by atoms with Crippen molar-refractivity contribution in [2.45, 2.75) is 32.2 Å². The predicted octanol–water partition coefficient (Wildman–Crippen LogP) is 5.27. The highest BCUT2D eigenvalue weighted by molar-refractivity contribution is 5.65. The number of halogens is 1. The molecule has 112 valence electrons. The molecule has 0 amide bonds. The van der Waals surface area contributed by atoms with Gasteiger partial charge < -0.3 is 5.32 Å². The maximum Gasteiger partial charge on any atom is 0.128 e. The van der Waals surface area contributed by atoms with E-state index in [0.717, 1.165) is 12.0 Å². The van der Waals surface area contributed by atoms with Crippen molar-refractivity contribution in [3.8, 4) is 0 Å². The Morgan fingerprint density at radius 2 is 1.91 bits per heavy atom. The second kappa shape index (κ2) is 4.98. The van der Waals surface area contributed by atoms with E-state index in [-0.39, 0.29) is 11.9 Å². The molecule has 1 nitrogen and oxygen atoms in total. The summed E-state index contributed by atoms with van der Waals surface area (Å²) in [6, 6.07) is 11.7. The van der Waals surface area contributed by atoms with Crippen LogP contribution in [-0.4, -0.2) is 0 Å². The van der Waals surface area contributed by atoms with Gasteiger partial charge in [-0.3, -0.25) is 0 Å². The van der Waals surface area contributed by atoms with Crippen molar-refractivity contribution in [2.24, 2.45) is 5.92 Å². The Kier molecular flexibility index (Phi) is 3.07. The zero-order chi connectivity index (χ0) is 15.3. The molecule has 3 atom stereocenters. The molecule has 0 bridgehead atoms. The van der Waals surface area contributed by atoms with E-state index in [4.69, 9.17) is 0 Å². The lowest BCUT2D eigenvalue weighted by molar-refractivity contribution is 0.413. The number of rotatable bonds is 1. The number of fused-ring (bicyclic) bond motifs is 3. The number of benzene rings is 2. The summed E-state index contributed by atoms with van der Waals surface area (Å²) in [6.07, 6.45) is 5.55. The minimum atomic E-state index is -0.112.